The number of aryl methyl sites for hydroxylation is 1. The molecule has 1 aliphatic rings. The molecule has 8 heteroatoms. The Bertz CT molecular complexity index is 1250. The maximum atomic E-state index is 12.4. The van der Waals surface area contributed by atoms with Gasteiger partial charge in [-0.15, -0.1) is 0 Å². The number of nitrogens with zero attached hydrogens (tertiary/aromatic N) is 4. The van der Waals surface area contributed by atoms with E-state index < -0.39 is 0 Å². The minimum atomic E-state index is -0.218. The van der Waals surface area contributed by atoms with Crippen LogP contribution in [0.25, 0.3) is 11.1 Å². The third-order valence-corrected chi connectivity index (χ3v) is 7.60. The van der Waals surface area contributed by atoms with Crippen molar-refractivity contribution < 1.29 is 9.59 Å². The Balaban J connectivity index is 0.000000233. The first kappa shape index (κ1) is 32.2. The SMILES string of the molecule is CCCC(CCC)CC(=O)N1CCCN(C)CC1.Cc1ncc(-c2ccncc2)cc1NC(=O)c1cccc(Cl)c1. The van der Waals surface area contributed by atoms with Crippen LogP contribution in [-0.2, 0) is 4.79 Å². The van der Waals surface area contributed by atoms with Crippen molar-refractivity contribution in [2.75, 3.05) is 38.5 Å². The quantitative estimate of drug-likeness (QED) is 0.293. The first-order valence-corrected chi connectivity index (χ1v) is 15.1. The average Bonchev–Trinajstić information content (AvgIpc) is 3.19. The third-order valence-electron chi connectivity index (χ3n) is 7.36. The molecule has 4 rings (SSSR count). The fourth-order valence-electron chi connectivity index (χ4n) is 5.02. The summed E-state index contributed by atoms with van der Waals surface area (Å²) in [5.74, 6) is 0.773. The highest BCUT2D eigenvalue weighted by molar-refractivity contribution is 6.31. The van der Waals surface area contributed by atoms with E-state index in [-0.39, 0.29) is 5.91 Å². The molecule has 2 amide bonds. The Hall–Kier alpha value is -3.29. The number of pyridine rings is 2. The van der Waals surface area contributed by atoms with Crippen molar-refractivity contribution in [2.45, 2.75) is 59.3 Å². The van der Waals surface area contributed by atoms with Gasteiger partial charge in [0.2, 0.25) is 5.91 Å². The number of carbonyl (C=O) groups is 2. The van der Waals surface area contributed by atoms with Crippen LogP contribution in [0.5, 0.6) is 0 Å². The van der Waals surface area contributed by atoms with Gasteiger partial charge in [-0.25, -0.2) is 0 Å². The molecule has 0 bridgehead atoms. The van der Waals surface area contributed by atoms with Crippen molar-refractivity contribution in [2.24, 2.45) is 5.92 Å². The van der Waals surface area contributed by atoms with Crippen LogP contribution in [0.2, 0.25) is 5.02 Å². The monoisotopic (exact) mass is 577 g/mol. The van der Waals surface area contributed by atoms with E-state index in [9.17, 15) is 9.59 Å². The van der Waals surface area contributed by atoms with Gasteiger partial charge >= 0.3 is 0 Å². The van der Waals surface area contributed by atoms with Gasteiger partial charge in [0.15, 0.2) is 0 Å². The second-order valence-corrected chi connectivity index (χ2v) is 11.2. The zero-order valence-corrected chi connectivity index (χ0v) is 25.7. The van der Waals surface area contributed by atoms with Gasteiger partial charge in [0, 0.05) is 60.8 Å². The van der Waals surface area contributed by atoms with Gasteiger partial charge in [-0.05, 0) is 74.8 Å². The van der Waals surface area contributed by atoms with Crippen LogP contribution in [0.15, 0.2) is 61.1 Å². The van der Waals surface area contributed by atoms with E-state index in [0.29, 0.717) is 28.1 Å². The molecule has 3 aromatic rings. The normalized spacial score (nSPS) is 13.8. The van der Waals surface area contributed by atoms with Crippen molar-refractivity contribution in [3.63, 3.8) is 0 Å². The predicted octanol–water partition coefficient (Wildman–Crippen LogP) is 7.11. The highest BCUT2D eigenvalue weighted by Crippen LogP contribution is 2.24. The number of rotatable bonds is 9. The number of amides is 2. The van der Waals surface area contributed by atoms with Gasteiger partial charge in [-0.2, -0.15) is 0 Å². The van der Waals surface area contributed by atoms with Gasteiger partial charge in [0.1, 0.15) is 0 Å². The number of hydrogen-bond acceptors (Lipinski definition) is 5. The Morgan fingerprint density at radius 2 is 1.71 bits per heavy atom. The lowest BCUT2D eigenvalue weighted by Crippen LogP contribution is -2.35. The Labute approximate surface area is 250 Å². The zero-order valence-electron chi connectivity index (χ0n) is 24.9. The van der Waals surface area contributed by atoms with Crippen molar-refractivity contribution in [3.05, 3.63) is 77.3 Å². The van der Waals surface area contributed by atoms with Crippen molar-refractivity contribution >= 4 is 29.1 Å². The van der Waals surface area contributed by atoms with E-state index in [1.165, 1.54) is 25.7 Å². The minimum absolute atomic E-state index is 0.218. The van der Waals surface area contributed by atoms with Crippen LogP contribution in [0.4, 0.5) is 5.69 Å². The highest BCUT2D eigenvalue weighted by Gasteiger charge is 2.20. The first-order valence-electron chi connectivity index (χ1n) is 14.7. The molecule has 0 spiro atoms. The van der Waals surface area contributed by atoms with Gasteiger partial charge in [0.05, 0.1) is 11.4 Å². The topological polar surface area (TPSA) is 78.4 Å². The maximum absolute atomic E-state index is 12.4. The molecule has 0 saturated carbocycles. The largest absolute Gasteiger partial charge is 0.341 e. The highest BCUT2D eigenvalue weighted by atomic mass is 35.5. The number of aromatic nitrogens is 2. The summed E-state index contributed by atoms with van der Waals surface area (Å²) in [7, 11) is 2.14. The average molecular weight is 578 g/mol. The van der Waals surface area contributed by atoms with Gasteiger partial charge in [-0.3, -0.25) is 19.6 Å². The van der Waals surface area contributed by atoms with Crippen LogP contribution < -0.4 is 5.32 Å². The maximum Gasteiger partial charge on any atom is 0.255 e. The summed E-state index contributed by atoms with van der Waals surface area (Å²) in [6, 6.07) is 12.5. The van der Waals surface area contributed by atoms with Crippen LogP contribution in [0.1, 0.15) is 68.4 Å². The van der Waals surface area contributed by atoms with Gasteiger partial charge < -0.3 is 15.1 Å². The van der Waals surface area contributed by atoms with Crippen molar-refractivity contribution in [1.82, 2.24) is 19.8 Å². The van der Waals surface area contributed by atoms with Crippen molar-refractivity contribution in [3.8, 4) is 11.1 Å². The molecule has 3 heterocycles. The standard InChI is InChI=1S/C18H14ClN3O.C15H30N2O/c1-12-17(22-18(23)14-3-2-4-16(19)9-14)10-15(11-21-12)13-5-7-20-8-6-13;1-4-7-14(8-5-2)13-15(18)17-10-6-9-16(3)11-12-17/h2-11H,1H3,(H,22,23);14H,4-13H2,1-3H3. The molecule has 0 radical (unpaired) electrons. The molecule has 1 aromatic carbocycles. The molecule has 0 atom stereocenters. The zero-order chi connectivity index (χ0) is 29.6. The number of halogens is 1. The molecular weight excluding hydrogens is 534 g/mol. The summed E-state index contributed by atoms with van der Waals surface area (Å²) in [6.45, 7) is 10.3. The number of hydrogen-bond donors (Lipinski definition) is 1. The fourth-order valence-corrected chi connectivity index (χ4v) is 5.21. The van der Waals surface area contributed by atoms with Crippen LogP contribution in [0.3, 0.4) is 0 Å². The minimum Gasteiger partial charge on any atom is -0.341 e. The second-order valence-electron chi connectivity index (χ2n) is 10.7. The molecule has 1 N–H and O–H groups in total. The fraction of sp³-hybridized carbons (Fsp3) is 0.455. The molecule has 220 valence electrons. The van der Waals surface area contributed by atoms with Crippen LogP contribution >= 0.6 is 11.6 Å². The lowest BCUT2D eigenvalue weighted by molar-refractivity contribution is -0.132. The molecule has 41 heavy (non-hydrogen) atoms. The Morgan fingerprint density at radius 3 is 2.39 bits per heavy atom. The molecule has 2 aromatic heterocycles. The molecule has 0 aliphatic carbocycles. The van der Waals surface area contributed by atoms with E-state index >= 15 is 0 Å². The summed E-state index contributed by atoms with van der Waals surface area (Å²) in [4.78, 5) is 37.5. The van der Waals surface area contributed by atoms with E-state index in [0.717, 1.165) is 55.8 Å². The number of anilines is 1. The van der Waals surface area contributed by atoms with E-state index in [4.69, 9.17) is 11.6 Å². The van der Waals surface area contributed by atoms with E-state index in [2.05, 4.69) is 46.0 Å². The molecular formula is C33H44ClN5O2. The van der Waals surface area contributed by atoms with Crippen LogP contribution in [0, 0.1) is 12.8 Å². The van der Waals surface area contributed by atoms with Gasteiger partial charge in [0.25, 0.3) is 5.91 Å². The number of carbonyl (C=O) groups excluding carboxylic acids is 2. The Kier molecular flexibility index (Phi) is 13.2. The summed E-state index contributed by atoms with van der Waals surface area (Å²) >= 11 is 5.93. The summed E-state index contributed by atoms with van der Waals surface area (Å²) in [5, 5.41) is 3.41. The second kappa shape index (κ2) is 16.8. The van der Waals surface area contributed by atoms with Gasteiger partial charge in [-0.1, -0.05) is 57.2 Å². The summed E-state index contributed by atoms with van der Waals surface area (Å²) < 4.78 is 0. The number of nitrogens with one attached hydrogen (secondary N) is 1. The Morgan fingerprint density at radius 1 is 0.976 bits per heavy atom. The lowest BCUT2D eigenvalue weighted by atomic mass is 9.94. The van der Waals surface area contributed by atoms with E-state index in [1.807, 2.05) is 25.1 Å². The summed E-state index contributed by atoms with van der Waals surface area (Å²) in [6.07, 6.45) is 11.9. The van der Waals surface area contributed by atoms with Crippen molar-refractivity contribution in [1.29, 1.82) is 0 Å². The van der Waals surface area contributed by atoms with Crippen LogP contribution in [-0.4, -0.2) is 64.8 Å². The molecule has 1 fully saturated rings. The third kappa shape index (κ3) is 10.6. The smallest absolute Gasteiger partial charge is 0.255 e. The predicted molar refractivity (Wildman–Crippen MR) is 168 cm³/mol. The lowest BCUT2D eigenvalue weighted by Gasteiger charge is -2.23. The summed E-state index contributed by atoms with van der Waals surface area (Å²) in [5.41, 5.74) is 3.83. The number of benzene rings is 1. The molecule has 0 unspecified atom stereocenters. The first-order chi connectivity index (χ1) is 19.8. The molecule has 1 aliphatic heterocycles. The number of likely N-dealkylation sites (N-methyl/N-ethyl adjacent to an activating group) is 1. The molecule has 1 saturated heterocycles. The molecule has 7 nitrogen and oxygen atoms in total. The van der Waals surface area contributed by atoms with E-state index in [1.54, 1.807) is 42.9 Å².